The van der Waals surface area contributed by atoms with Crippen LogP contribution in [-0.2, 0) is 6.42 Å². The minimum Gasteiger partial charge on any atom is -0.492 e. The van der Waals surface area contributed by atoms with Crippen LogP contribution in [0.4, 0.5) is 0 Å². The lowest BCUT2D eigenvalue weighted by Gasteiger charge is -2.14. The maximum atomic E-state index is 9.45. The van der Waals surface area contributed by atoms with Gasteiger partial charge in [0.1, 0.15) is 0 Å². The minimum absolute atomic E-state index is 0.360. The molecule has 3 nitrogen and oxygen atoms in total. The zero-order valence-electron chi connectivity index (χ0n) is 10.8. The summed E-state index contributed by atoms with van der Waals surface area (Å²) in [4.78, 5) is 0. The maximum absolute atomic E-state index is 9.45. The molecule has 1 saturated carbocycles. The number of methoxy groups -OCH3 is 1. The first-order chi connectivity index (χ1) is 8.60. The first-order valence-corrected chi connectivity index (χ1v) is 7.06. The zero-order chi connectivity index (χ0) is 13.1. The van der Waals surface area contributed by atoms with Gasteiger partial charge < -0.3 is 14.6 Å². The standard InChI is InChI=1S/C14H19BrO3/c1-9(16)5-11-6-12(15)14(17-2)13(7-11)18-8-10-3-4-10/h6-7,9-10,16H,3-5,8H2,1-2H3. The third-order valence-corrected chi connectivity index (χ3v) is 3.57. The summed E-state index contributed by atoms with van der Waals surface area (Å²) >= 11 is 3.48. The van der Waals surface area contributed by atoms with Crippen LogP contribution < -0.4 is 9.47 Å². The van der Waals surface area contributed by atoms with Crippen molar-refractivity contribution in [1.29, 1.82) is 0 Å². The first kappa shape index (κ1) is 13.7. The van der Waals surface area contributed by atoms with Crippen LogP contribution >= 0.6 is 15.9 Å². The lowest BCUT2D eigenvalue weighted by Crippen LogP contribution is -2.06. The Balaban J connectivity index is 2.18. The third-order valence-electron chi connectivity index (χ3n) is 2.98. The third kappa shape index (κ3) is 3.62. The Bertz CT molecular complexity index is 414. The molecule has 1 fully saturated rings. The molecule has 1 aromatic carbocycles. The molecule has 2 rings (SSSR count). The molecule has 1 unspecified atom stereocenters. The Morgan fingerprint density at radius 1 is 1.44 bits per heavy atom. The average Bonchev–Trinajstić information content (AvgIpc) is 3.08. The largest absolute Gasteiger partial charge is 0.492 e. The van der Waals surface area contributed by atoms with Gasteiger partial charge in [0.05, 0.1) is 24.3 Å². The lowest BCUT2D eigenvalue weighted by atomic mass is 10.1. The van der Waals surface area contributed by atoms with Crippen molar-refractivity contribution in [2.45, 2.75) is 32.3 Å². The van der Waals surface area contributed by atoms with E-state index in [-0.39, 0.29) is 6.10 Å². The van der Waals surface area contributed by atoms with Gasteiger partial charge in [0, 0.05) is 0 Å². The summed E-state index contributed by atoms with van der Waals surface area (Å²) in [5, 5.41) is 9.45. The van der Waals surface area contributed by atoms with Crippen LogP contribution in [0.5, 0.6) is 11.5 Å². The van der Waals surface area contributed by atoms with Gasteiger partial charge in [0.25, 0.3) is 0 Å². The highest BCUT2D eigenvalue weighted by atomic mass is 79.9. The number of halogens is 1. The Kier molecular flexibility index (Phi) is 4.51. The highest BCUT2D eigenvalue weighted by Gasteiger charge is 2.23. The fourth-order valence-corrected chi connectivity index (χ4v) is 2.53. The number of rotatable bonds is 6. The van der Waals surface area contributed by atoms with Crippen molar-refractivity contribution in [3.8, 4) is 11.5 Å². The van der Waals surface area contributed by atoms with Gasteiger partial charge in [-0.25, -0.2) is 0 Å². The molecule has 1 N–H and O–H groups in total. The van der Waals surface area contributed by atoms with E-state index in [4.69, 9.17) is 9.47 Å². The molecule has 0 aliphatic heterocycles. The Labute approximate surface area is 116 Å². The van der Waals surface area contributed by atoms with Crippen molar-refractivity contribution in [3.05, 3.63) is 22.2 Å². The molecule has 100 valence electrons. The van der Waals surface area contributed by atoms with E-state index in [2.05, 4.69) is 15.9 Å². The van der Waals surface area contributed by atoms with E-state index in [9.17, 15) is 5.11 Å². The predicted octanol–water partition coefficient (Wildman–Crippen LogP) is 3.17. The molecule has 0 heterocycles. The van der Waals surface area contributed by atoms with Gasteiger partial charge in [-0.3, -0.25) is 0 Å². The number of aliphatic hydroxyl groups is 1. The van der Waals surface area contributed by atoms with Crippen molar-refractivity contribution < 1.29 is 14.6 Å². The van der Waals surface area contributed by atoms with E-state index < -0.39 is 0 Å². The SMILES string of the molecule is COc1c(Br)cc(CC(C)O)cc1OCC1CC1. The fraction of sp³-hybridized carbons (Fsp3) is 0.571. The van der Waals surface area contributed by atoms with Crippen LogP contribution in [0.15, 0.2) is 16.6 Å². The van der Waals surface area contributed by atoms with Crippen molar-refractivity contribution in [2.75, 3.05) is 13.7 Å². The highest BCUT2D eigenvalue weighted by molar-refractivity contribution is 9.10. The molecule has 0 radical (unpaired) electrons. The first-order valence-electron chi connectivity index (χ1n) is 6.27. The van der Waals surface area contributed by atoms with Gasteiger partial charge in [-0.2, -0.15) is 0 Å². The average molecular weight is 315 g/mol. The van der Waals surface area contributed by atoms with E-state index in [1.54, 1.807) is 14.0 Å². The van der Waals surface area contributed by atoms with E-state index in [0.29, 0.717) is 12.3 Å². The maximum Gasteiger partial charge on any atom is 0.174 e. The molecule has 0 spiro atoms. The van der Waals surface area contributed by atoms with Crippen molar-refractivity contribution in [3.63, 3.8) is 0 Å². The molecular formula is C14H19BrO3. The van der Waals surface area contributed by atoms with Gasteiger partial charge in [0.15, 0.2) is 11.5 Å². The van der Waals surface area contributed by atoms with Crippen LogP contribution in [0.25, 0.3) is 0 Å². The molecule has 0 saturated heterocycles. The topological polar surface area (TPSA) is 38.7 Å². The second-order valence-electron chi connectivity index (χ2n) is 4.92. The second-order valence-corrected chi connectivity index (χ2v) is 5.77. The number of hydrogen-bond acceptors (Lipinski definition) is 3. The van der Waals surface area contributed by atoms with Gasteiger partial charge in [-0.15, -0.1) is 0 Å². The number of ether oxygens (including phenoxy) is 2. The molecule has 18 heavy (non-hydrogen) atoms. The van der Waals surface area contributed by atoms with E-state index in [1.807, 2.05) is 12.1 Å². The summed E-state index contributed by atoms with van der Waals surface area (Å²) in [7, 11) is 1.64. The molecule has 1 aliphatic carbocycles. The lowest BCUT2D eigenvalue weighted by molar-refractivity contribution is 0.195. The summed E-state index contributed by atoms with van der Waals surface area (Å²) in [6.07, 6.45) is 2.78. The summed E-state index contributed by atoms with van der Waals surface area (Å²) in [6.45, 7) is 2.53. The number of hydrogen-bond donors (Lipinski definition) is 1. The molecule has 1 aliphatic rings. The van der Waals surface area contributed by atoms with Crippen LogP contribution in [0.2, 0.25) is 0 Å². The van der Waals surface area contributed by atoms with Gasteiger partial charge in [-0.1, -0.05) is 0 Å². The predicted molar refractivity (Wildman–Crippen MR) is 74.3 cm³/mol. The van der Waals surface area contributed by atoms with E-state index in [1.165, 1.54) is 12.8 Å². The molecule has 1 aromatic rings. The molecule has 0 bridgehead atoms. The van der Waals surface area contributed by atoms with Crippen LogP contribution in [0, 0.1) is 5.92 Å². The second kappa shape index (κ2) is 5.93. The smallest absolute Gasteiger partial charge is 0.174 e. The molecule has 4 heteroatoms. The molecule has 1 atom stereocenters. The van der Waals surface area contributed by atoms with Crippen molar-refractivity contribution in [1.82, 2.24) is 0 Å². The Morgan fingerprint density at radius 2 is 2.17 bits per heavy atom. The summed E-state index contributed by atoms with van der Waals surface area (Å²) in [5.74, 6) is 2.19. The number of aliphatic hydroxyl groups excluding tert-OH is 1. The number of benzene rings is 1. The molecule has 0 aromatic heterocycles. The minimum atomic E-state index is -0.360. The zero-order valence-corrected chi connectivity index (χ0v) is 12.4. The Hall–Kier alpha value is -0.740. The van der Waals surface area contributed by atoms with Gasteiger partial charge in [0.2, 0.25) is 0 Å². The van der Waals surface area contributed by atoms with E-state index >= 15 is 0 Å². The van der Waals surface area contributed by atoms with Gasteiger partial charge >= 0.3 is 0 Å². The van der Waals surface area contributed by atoms with Crippen LogP contribution in [-0.4, -0.2) is 24.9 Å². The van der Waals surface area contributed by atoms with E-state index in [0.717, 1.165) is 28.1 Å². The van der Waals surface area contributed by atoms with Gasteiger partial charge in [-0.05, 0) is 65.7 Å². The van der Waals surface area contributed by atoms with Crippen molar-refractivity contribution >= 4 is 15.9 Å². The summed E-state index contributed by atoms with van der Waals surface area (Å²) in [5.41, 5.74) is 1.04. The van der Waals surface area contributed by atoms with Crippen LogP contribution in [0.3, 0.4) is 0 Å². The monoisotopic (exact) mass is 314 g/mol. The fourth-order valence-electron chi connectivity index (χ4n) is 1.88. The summed E-state index contributed by atoms with van der Waals surface area (Å²) in [6, 6.07) is 3.92. The normalized spacial score (nSPS) is 16.4. The highest BCUT2D eigenvalue weighted by Crippen LogP contribution is 2.38. The quantitative estimate of drug-likeness (QED) is 0.876. The van der Waals surface area contributed by atoms with Crippen LogP contribution in [0.1, 0.15) is 25.3 Å². The molecular weight excluding hydrogens is 296 g/mol. The van der Waals surface area contributed by atoms with Crippen molar-refractivity contribution in [2.24, 2.45) is 5.92 Å². The molecule has 0 amide bonds. The Morgan fingerprint density at radius 3 is 2.72 bits per heavy atom. The summed E-state index contributed by atoms with van der Waals surface area (Å²) < 4.78 is 12.0.